The largest absolute Gasteiger partial charge is 0.386 e. The number of nitrogens with zero attached hydrogens (tertiary/aromatic N) is 2. The fraction of sp³-hybridized carbons (Fsp3) is 0.556. The highest BCUT2D eigenvalue weighted by Gasteiger charge is 2.18. The molecule has 0 bridgehead atoms. The lowest BCUT2D eigenvalue weighted by molar-refractivity contribution is 0.530. The molecule has 78 valence electrons. The highest BCUT2D eigenvalue weighted by Crippen LogP contribution is 2.23. The molecule has 3 N–H and O–H groups in total. The van der Waals surface area contributed by atoms with Crippen molar-refractivity contribution in [1.82, 2.24) is 9.78 Å². The topological polar surface area (TPSA) is 67.7 Å². The van der Waals surface area contributed by atoms with Crippen LogP contribution < -0.4 is 5.73 Å². The Kier molecular flexibility index (Phi) is 3.31. The van der Waals surface area contributed by atoms with Gasteiger partial charge in [0.05, 0.1) is 15.9 Å². The second-order valence-electron chi connectivity index (χ2n) is 3.31. The molecular weight excluding hydrogens is 244 g/mol. The van der Waals surface area contributed by atoms with Crippen LogP contribution in [0.25, 0.3) is 0 Å². The van der Waals surface area contributed by atoms with Crippen molar-refractivity contribution in [3.63, 3.8) is 0 Å². The molecule has 1 unspecified atom stereocenters. The van der Waals surface area contributed by atoms with Crippen LogP contribution in [0.2, 0.25) is 0 Å². The number of aryl methyl sites for hydroxylation is 1. The van der Waals surface area contributed by atoms with E-state index in [1.165, 1.54) is 0 Å². The summed E-state index contributed by atoms with van der Waals surface area (Å²) in [4.78, 5) is 0. The van der Waals surface area contributed by atoms with E-state index < -0.39 is 0 Å². The Morgan fingerprint density at radius 2 is 2.21 bits per heavy atom. The maximum atomic E-state index is 7.47. The van der Waals surface area contributed by atoms with Crippen molar-refractivity contribution in [2.75, 3.05) is 0 Å². The first-order chi connectivity index (χ1) is 6.49. The number of amidine groups is 1. The van der Waals surface area contributed by atoms with E-state index in [-0.39, 0.29) is 11.9 Å². The van der Waals surface area contributed by atoms with Gasteiger partial charge in [-0.05, 0) is 36.2 Å². The maximum absolute atomic E-state index is 7.47. The Bertz CT molecular complexity index is 356. The van der Waals surface area contributed by atoms with Gasteiger partial charge in [0, 0.05) is 0 Å². The summed E-state index contributed by atoms with van der Waals surface area (Å²) in [5.41, 5.74) is 7.47. The van der Waals surface area contributed by atoms with Crippen molar-refractivity contribution in [1.29, 1.82) is 5.41 Å². The van der Waals surface area contributed by atoms with Gasteiger partial charge in [0.1, 0.15) is 11.9 Å². The summed E-state index contributed by atoms with van der Waals surface area (Å²) in [7, 11) is 0. The zero-order valence-electron chi connectivity index (χ0n) is 8.63. The van der Waals surface area contributed by atoms with Crippen molar-refractivity contribution >= 4 is 21.8 Å². The first kappa shape index (κ1) is 11.2. The summed E-state index contributed by atoms with van der Waals surface area (Å²) < 4.78 is 2.80. The Morgan fingerprint density at radius 3 is 2.50 bits per heavy atom. The number of hydrogen-bond donors (Lipinski definition) is 2. The van der Waals surface area contributed by atoms with E-state index in [9.17, 15) is 0 Å². The molecule has 5 heteroatoms. The summed E-state index contributed by atoms with van der Waals surface area (Å²) in [6, 6.07) is -0.125. The number of halogens is 1. The quantitative estimate of drug-likeness (QED) is 0.645. The van der Waals surface area contributed by atoms with Gasteiger partial charge in [-0.2, -0.15) is 5.10 Å². The molecular formula is C9H15BrN4. The first-order valence-electron chi connectivity index (χ1n) is 4.54. The lowest BCUT2D eigenvalue weighted by atomic mass is 10.2. The SMILES string of the molecule is CCC(C(=N)N)n1nc(C)c(Br)c1C. The van der Waals surface area contributed by atoms with Crippen LogP contribution in [0.4, 0.5) is 0 Å². The summed E-state index contributed by atoms with van der Waals surface area (Å²) in [6.45, 7) is 5.90. The van der Waals surface area contributed by atoms with Crippen molar-refractivity contribution < 1.29 is 0 Å². The van der Waals surface area contributed by atoms with Crippen molar-refractivity contribution in [3.8, 4) is 0 Å². The lowest BCUT2D eigenvalue weighted by Crippen LogP contribution is -2.26. The third-order valence-electron chi connectivity index (χ3n) is 2.28. The molecule has 0 saturated carbocycles. The Morgan fingerprint density at radius 1 is 1.64 bits per heavy atom. The highest BCUT2D eigenvalue weighted by atomic mass is 79.9. The van der Waals surface area contributed by atoms with Gasteiger partial charge in [-0.1, -0.05) is 6.92 Å². The van der Waals surface area contributed by atoms with Gasteiger partial charge in [0.2, 0.25) is 0 Å². The van der Waals surface area contributed by atoms with Crippen LogP contribution >= 0.6 is 15.9 Å². The summed E-state index contributed by atoms with van der Waals surface area (Å²) in [5.74, 6) is 0.158. The van der Waals surface area contributed by atoms with E-state index in [0.717, 1.165) is 22.3 Å². The number of nitrogens with one attached hydrogen (secondary N) is 1. The molecule has 0 aliphatic rings. The van der Waals surface area contributed by atoms with Crippen molar-refractivity contribution in [3.05, 3.63) is 15.9 Å². The average molecular weight is 259 g/mol. The van der Waals surface area contributed by atoms with Crippen LogP contribution in [-0.2, 0) is 0 Å². The molecule has 0 radical (unpaired) electrons. The third kappa shape index (κ3) is 1.82. The molecule has 0 aromatic carbocycles. The summed E-state index contributed by atoms with van der Waals surface area (Å²) >= 11 is 3.45. The molecule has 0 aliphatic heterocycles. The molecule has 0 amide bonds. The zero-order chi connectivity index (χ0) is 10.9. The number of nitrogens with two attached hydrogens (primary N) is 1. The minimum atomic E-state index is -0.125. The van der Waals surface area contributed by atoms with E-state index >= 15 is 0 Å². The van der Waals surface area contributed by atoms with E-state index in [0.29, 0.717) is 0 Å². The fourth-order valence-electron chi connectivity index (χ4n) is 1.47. The van der Waals surface area contributed by atoms with Gasteiger partial charge in [-0.3, -0.25) is 10.1 Å². The minimum Gasteiger partial charge on any atom is -0.386 e. The predicted molar refractivity (Wildman–Crippen MR) is 60.6 cm³/mol. The zero-order valence-corrected chi connectivity index (χ0v) is 10.2. The van der Waals surface area contributed by atoms with Crippen LogP contribution in [0.5, 0.6) is 0 Å². The van der Waals surface area contributed by atoms with Crippen molar-refractivity contribution in [2.24, 2.45) is 5.73 Å². The van der Waals surface area contributed by atoms with E-state index in [1.807, 2.05) is 25.5 Å². The second-order valence-corrected chi connectivity index (χ2v) is 4.10. The maximum Gasteiger partial charge on any atom is 0.116 e. The lowest BCUT2D eigenvalue weighted by Gasteiger charge is -2.15. The van der Waals surface area contributed by atoms with Crippen LogP contribution in [0.15, 0.2) is 4.47 Å². The van der Waals surface area contributed by atoms with Gasteiger partial charge >= 0.3 is 0 Å². The molecule has 1 aromatic rings. The van der Waals surface area contributed by atoms with E-state index in [4.69, 9.17) is 11.1 Å². The Balaban J connectivity index is 3.17. The second kappa shape index (κ2) is 4.13. The standard InChI is InChI=1S/C9H15BrN4/c1-4-7(9(11)12)14-6(3)8(10)5(2)13-14/h7H,4H2,1-3H3,(H3,11,12). The van der Waals surface area contributed by atoms with Crippen LogP contribution in [0.3, 0.4) is 0 Å². The van der Waals surface area contributed by atoms with Crippen LogP contribution in [-0.4, -0.2) is 15.6 Å². The highest BCUT2D eigenvalue weighted by molar-refractivity contribution is 9.10. The molecule has 1 rings (SSSR count). The summed E-state index contributed by atoms with van der Waals surface area (Å²) in [5, 5.41) is 11.8. The Hall–Kier alpha value is -0.840. The minimum absolute atomic E-state index is 0.125. The molecule has 0 aliphatic carbocycles. The molecule has 1 heterocycles. The fourth-order valence-corrected chi connectivity index (χ4v) is 1.73. The average Bonchev–Trinajstić information content (AvgIpc) is 2.35. The summed E-state index contributed by atoms with van der Waals surface area (Å²) in [6.07, 6.45) is 0.781. The molecule has 4 nitrogen and oxygen atoms in total. The molecule has 0 spiro atoms. The molecule has 14 heavy (non-hydrogen) atoms. The predicted octanol–water partition coefficient (Wildman–Crippen LogP) is 2.15. The van der Waals surface area contributed by atoms with Gasteiger partial charge < -0.3 is 5.73 Å². The smallest absolute Gasteiger partial charge is 0.116 e. The monoisotopic (exact) mass is 258 g/mol. The van der Waals surface area contributed by atoms with E-state index in [2.05, 4.69) is 21.0 Å². The number of rotatable bonds is 3. The van der Waals surface area contributed by atoms with Gasteiger partial charge in [-0.15, -0.1) is 0 Å². The molecule has 1 atom stereocenters. The van der Waals surface area contributed by atoms with Gasteiger partial charge in [0.25, 0.3) is 0 Å². The molecule has 0 fully saturated rings. The van der Waals surface area contributed by atoms with Crippen LogP contribution in [0.1, 0.15) is 30.8 Å². The van der Waals surface area contributed by atoms with Crippen molar-refractivity contribution in [2.45, 2.75) is 33.2 Å². The normalized spacial score (nSPS) is 12.9. The van der Waals surface area contributed by atoms with E-state index in [1.54, 1.807) is 0 Å². The number of aromatic nitrogens is 2. The first-order valence-corrected chi connectivity index (χ1v) is 5.33. The third-order valence-corrected chi connectivity index (χ3v) is 3.43. The molecule has 0 saturated heterocycles. The van der Waals surface area contributed by atoms with Gasteiger partial charge in [-0.25, -0.2) is 0 Å². The van der Waals surface area contributed by atoms with Crippen LogP contribution in [0, 0.1) is 19.3 Å². The molecule has 1 aromatic heterocycles. The Labute approximate surface area is 92.1 Å². The number of hydrogen-bond acceptors (Lipinski definition) is 2. The van der Waals surface area contributed by atoms with Gasteiger partial charge in [0.15, 0.2) is 0 Å².